The fourth-order valence-electron chi connectivity index (χ4n) is 3.44. The van der Waals surface area contributed by atoms with E-state index < -0.39 is 15.4 Å². The van der Waals surface area contributed by atoms with Gasteiger partial charge in [-0.3, -0.25) is 0 Å². The maximum absolute atomic E-state index is 12.1. The van der Waals surface area contributed by atoms with E-state index in [2.05, 4.69) is 4.98 Å². The molecule has 0 aliphatic carbocycles. The van der Waals surface area contributed by atoms with E-state index in [1.165, 1.54) is 11.3 Å². The highest BCUT2D eigenvalue weighted by Gasteiger charge is 2.42. The van der Waals surface area contributed by atoms with Crippen LogP contribution in [-0.2, 0) is 21.8 Å². The number of hydrogen-bond acceptors (Lipinski definition) is 6. The number of aryl methyl sites for hydroxylation is 1. The molecular formula is C18H20N4O2S2. The predicted molar refractivity (Wildman–Crippen MR) is 102 cm³/mol. The first-order chi connectivity index (χ1) is 12.3. The van der Waals surface area contributed by atoms with Gasteiger partial charge in [-0.05, 0) is 26.3 Å². The minimum Gasteiger partial charge on any atom is -0.249 e. The Bertz CT molecular complexity index is 1040. The van der Waals surface area contributed by atoms with Crippen molar-refractivity contribution in [2.75, 3.05) is 11.5 Å². The second kappa shape index (κ2) is 6.28. The van der Waals surface area contributed by atoms with Gasteiger partial charge in [0, 0.05) is 10.9 Å². The molecule has 0 radical (unpaired) electrons. The van der Waals surface area contributed by atoms with Gasteiger partial charge in [-0.1, -0.05) is 23.8 Å². The largest absolute Gasteiger partial charge is 0.249 e. The van der Waals surface area contributed by atoms with E-state index in [0.29, 0.717) is 18.7 Å². The smallest absolute Gasteiger partial charge is 0.181 e. The Kier molecular flexibility index (Phi) is 4.19. The summed E-state index contributed by atoms with van der Waals surface area (Å²) in [6, 6.07) is 8.03. The van der Waals surface area contributed by atoms with Gasteiger partial charge >= 0.3 is 0 Å². The Morgan fingerprint density at radius 2 is 2.19 bits per heavy atom. The van der Waals surface area contributed by atoms with Crippen LogP contribution in [0.15, 0.2) is 35.2 Å². The van der Waals surface area contributed by atoms with E-state index in [4.69, 9.17) is 10.1 Å². The highest BCUT2D eigenvalue weighted by molar-refractivity contribution is 7.91. The fraction of sp³-hybridized carbons (Fsp3) is 0.389. The van der Waals surface area contributed by atoms with E-state index >= 15 is 0 Å². The monoisotopic (exact) mass is 388 g/mol. The zero-order chi connectivity index (χ0) is 18.4. The molecule has 3 heterocycles. The van der Waals surface area contributed by atoms with Crippen molar-refractivity contribution >= 4 is 21.2 Å². The molecule has 0 saturated carbocycles. The van der Waals surface area contributed by atoms with Crippen molar-refractivity contribution in [3.05, 3.63) is 52.2 Å². The van der Waals surface area contributed by atoms with Crippen LogP contribution in [0.3, 0.4) is 0 Å². The lowest BCUT2D eigenvalue weighted by Gasteiger charge is -2.24. The van der Waals surface area contributed by atoms with Gasteiger partial charge in [0.05, 0.1) is 34.7 Å². The van der Waals surface area contributed by atoms with E-state index in [9.17, 15) is 8.42 Å². The average Bonchev–Trinajstić information content (AvgIpc) is 3.28. The van der Waals surface area contributed by atoms with Gasteiger partial charge in [0.15, 0.2) is 15.7 Å². The second-order valence-corrected chi connectivity index (χ2v) is 10.0. The van der Waals surface area contributed by atoms with Crippen LogP contribution in [0.1, 0.15) is 30.4 Å². The molecule has 1 atom stereocenters. The number of sulfone groups is 1. The number of aromatic nitrogens is 4. The molecule has 0 N–H and O–H groups in total. The van der Waals surface area contributed by atoms with Gasteiger partial charge in [0.2, 0.25) is 0 Å². The third-order valence-electron chi connectivity index (χ3n) is 4.77. The summed E-state index contributed by atoms with van der Waals surface area (Å²) in [5, 5.41) is 6.72. The number of hydrogen-bond donors (Lipinski definition) is 0. The Morgan fingerprint density at radius 3 is 2.85 bits per heavy atom. The van der Waals surface area contributed by atoms with E-state index in [-0.39, 0.29) is 11.5 Å². The molecule has 1 unspecified atom stereocenters. The molecule has 0 spiro atoms. The zero-order valence-corrected chi connectivity index (χ0v) is 16.3. The average molecular weight is 389 g/mol. The van der Waals surface area contributed by atoms with Crippen molar-refractivity contribution in [2.24, 2.45) is 0 Å². The number of benzene rings is 1. The highest BCUT2D eigenvalue weighted by atomic mass is 32.2. The summed E-state index contributed by atoms with van der Waals surface area (Å²) in [6.45, 7) is 3.98. The molecule has 1 aliphatic heterocycles. The molecule has 1 fully saturated rings. The van der Waals surface area contributed by atoms with Gasteiger partial charge in [0.1, 0.15) is 5.82 Å². The summed E-state index contributed by atoms with van der Waals surface area (Å²) in [4.78, 5) is 9.10. The standard InChI is InChI=1S/C18H20N4O2S2/c1-13-4-3-5-14(8-13)17-20-16(9-15-10-25-12-19-15)22(21-17)18(2)6-7-26(23,24)11-18/h3-5,8,10,12H,6-7,9,11H2,1-2H3. The van der Waals surface area contributed by atoms with Crippen molar-refractivity contribution in [2.45, 2.75) is 32.2 Å². The van der Waals surface area contributed by atoms with Crippen molar-refractivity contribution in [3.8, 4) is 11.4 Å². The third-order valence-corrected chi connectivity index (χ3v) is 7.29. The molecule has 26 heavy (non-hydrogen) atoms. The van der Waals surface area contributed by atoms with E-state index in [1.807, 2.05) is 48.2 Å². The first kappa shape index (κ1) is 17.4. The molecule has 4 rings (SSSR count). The van der Waals surface area contributed by atoms with Crippen molar-refractivity contribution in [1.82, 2.24) is 19.7 Å². The van der Waals surface area contributed by atoms with Gasteiger partial charge < -0.3 is 0 Å². The molecule has 6 nitrogen and oxygen atoms in total. The molecule has 1 aliphatic rings. The zero-order valence-electron chi connectivity index (χ0n) is 14.7. The summed E-state index contributed by atoms with van der Waals surface area (Å²) < 4.78 is 26.0. The maximum atomic E-state index is 12.1. The number of nitrogens with zero attached hydrogens (tertiary/aromatic N) is 4. The van der Waals surface area contributed by atoms with Crippen LogP contribution in [-0.4, -0.2) is 39.7 Å². The van der Waals surface area contributed by atoms with Crippen LogP contribution >= 0.6 is 11.3 Å². The lowest BCUT2D eigenvalue weighted by atomic mass is 10.0. The first-order valence-corrected chi connectivity index (χ1v) is 11.2. The summed E-state index contributed by atoms with van der Waals surface area (Å²) in [5.41, 5.74) is 4.21. The minimum absolute atomic E-state index is 0.0979. The second-order valence-electron chi connectivity index (χ2n) is 7.13. The molecule has 2 aromatic heterocycles. The summed E-state index contributed by atoms with van der Waals surface area (Å²) in [5.74, 6) is 1.68. The molecule has 0 amide bonds. The summed E-state index contributed by atoms with van der Waals surface area (Å²) in [6.07, 6.45) is 1.09. The van der Waals surface area contributed by atoms with Gasteiger partial charge in [-0.15, -0.1) is 11.3 Å². The van der Waals surface area contributed by atoms with Gasteiger partial charge in [0.25, 0.3) is 0 Å². The van der Waals surface area contributed by atoms with Crippen LogP contribution in [0.4, 0.5) is 0 Å². The van der Waals surface area contributed by atoms with Crippen LogP contribution in [0.2, 0.25) is 0 Å². The van der Waals surface area contributed by atoms with Crippen molar-refractivity contribution in [3.63, 3.8) is 0 Å². The summed E-state index contributed by atoms with van der Waals surface area (Å²) >= 11 is 1.54. The normalized spacial score (nSPS) is 21.9. The third kappa shape index (κ3) is 3.31. The molecule has 1 saturated heterocycles. The molecule has 8 heteroatoms. The molecule has 0 bridgehead atoms. The number of rotatable bonds is 4. The van der Waals surface area contributed by atoms with Crippen LogP contribution in [0.25, 0.3) is 11.4 Å². The van der Waals surface area contributed by atoms with Crippen LogP contribution in [0.5, 0.6) is 0 Å². The fourth-order valence-corrected chi connectivity index (χ4v) is 6.11. The molecule has 1 aromatic carbocycles. The molecular weight excluding hydrogens is 368 g/mol. The molecule has 3 aromatic rings. The Morgan fingerprint density at radius 1 is 1.35 bits per heavy atom. The Balaban J connectivity index is 1.80. The lowest BCUT2D eigenvalue weighted by Crippen LogP contribution is -2.34. The SMILES string of the molecule is Cc1cccc(-c2nc(Cc3cscn3)n(C3(C)CCS(=O)(=O)C3)n2)c1. The predicted octanol–water partition coefficient (Wildman–Crippen LogP) is 2.83. The van der Waals surface area contributed by atoms with Crippen LogP contribution < -0.4 is 0 Å². The van der Waals surface area contributed by atoms with E-state index in [1.54, 1.807) is 5.51 Å². The Labute approximate surface area is 156 Å². The summed E-state index contributed by atoms with van der Waals surface area (Å²) in [7, 11) is -3.05. The molecule has 136 valence electrons. The highest BCUT2D eigenvalue weighted by Crippen LogP contribution is 2.32. The quantitative estimate of drug-likeness (QED) is 0.687. The van der Waals surface area contributed by atoms with Crippen molar-refractivity contribution < 1.29 is 8.42 Å². The number of thiazole rings is 1. The maximum Gasteiger partial charge on any atom is 0.181 e. The van der Waals surface area contributed by atoms with Gasteiger partial charge in [-0.25, -0.2) is 23.1 Å². The Hall–Kier alpha value is -2.06. The minimum atomic E-state index is -3.05. The van der Waals surface area contributed by atoms with Gasteiger partial charge in [-0.2, -0.15) is 5.10 Å². The topological polar surface area (TPSA) is 77.7 Å². The van der Waals surface area contributed by atoms with E-state index in [0.717, 1.165) is 22.6 Å². The van der Waals surface area contributed by atoms with Crippen LogP contribution in [0, 0.1) is 6.92 Å². The lowest BCUT2D eigenvalue weighted by molar-refractivity contribution is 0.318. The van der Waals surface area contributed by atoms with Crippen molar-refractivity contribution in [1.29, 1.82) is 0 Å². The first-order valence-electron chi connectivity index (χ1n) is 8.46.